The molecule has 2 N–H and O–H groups in total. The first kappa shape index (κ1) is 29.1. The van der Waals surface area contributed by atoms with Crippen LogP contribution in [0.4, 0.5) is 50.0 Å². The Bertz CT molecular complexity index is 931. The van der Waals surface area contributed by atoms with Crippen molar-refractivity contribution in [1.29, 1.82) is 0 Å². The monoisotopic (exact) mass is 553 g/mol. The number of hydrogen-bond acceptors (Lipinski definition) is 6. The maximum absolute atomic E-state index is 13.5. The summed E-state index contributed by atoms with van der Waals surface area (Å²) in [6.07, 6.45) is -23.7. The van der Waals surface area contributed by atoms with Gasteiger partial charge in [-0.15, -0.1) is 0 Å². The lowest BCUT2D eigenvalue weighted by Crippen LogP contribution is -2.52. The lowest BCUT2D eigenvalue weighted by molar-refractivity contribution is -0.308. The minimum Gasteiger partial charge on any atom is -0.426 e. The van der Waals surface area contributed by atoms with Gasteiger partial charge in [0.05, 0.1) is 5.56 Å². The van der Waals surface area contributed by atoms with Gasteiger partial charge in [-0.25, -0.2) is 4.79 Å². The molecule has 2 aliphatic heterocycles. The van der Waals surface area contributed by atoms with Gasteiger partial charge in [0.25, 0.3) is 6.10 Å². The first-order valence-electron chi connectivity index (χ1n) is 11.1. The average Bonchev–Trinajstić information content (AvgIpc) is 3.26. The number of nitrogens with zero attached hydrogens (tertiary/aromatic N) is 3. The number of anilines is 1. The van der Waals surface area contributed by atoms with Crippen LogP contribution in [0.25, 0.3) is 0 Å². The summed E-state index contributed by atoms with van der Waals surface area (Å²) in [5.74, 6) is -0.528. The number of hydrogen-bond donors (Lipinski definition) is 2. The van der Waals surface area contributed by atoms with E-state index in [0.29, 0.717) is 17.9 Å². The van der Waals surface area contributed by atoms with Crippen molar-refractivity contribution >= 4 is 11.8 Å². The summed E-state index contributed by atoms with van der Waals surface area (Å²) in [5.41, 5.74) is -0.468. The van der Waals surface area contributed by atoms with E-state index in [1.165, 1.54) is 6.07 Å². The van der Waals surface area contributed by atoms with Crippen molar-refractivity contribution in [2.24, 2.45) is 5.92 Å². The molecule has 7 nitrogen and oxygen atoms in total. The van der Waals surface area contributed by atoms with E-state index in [4.69, 9.17) is 0 Å². The minimum atomic E-state index is -5.85. The first-order chi connectivity index (χ1) is 16.9. The smallest absolute Gasteiger partial charge is 0.426 e. The maximum Gasteiger partial charge on any atom is 0.434 e. The fourth-order valence-corrected chi connectivity index (χ4v) is 4.22. The van der Waals surface area contributed by atoms with Crippen molar-refractivity contribution in [3.05, 3.63) is 29.3 Å². The molecule has 0 aromatic heterocycles. The Balaban J connectivity index is 1.66. The van der Waals surface area contributed by atoms with E-state index in [0.717, 1.165) is 12.1 Å². The molecule has 1 aromatic carbocycles. The summed E-state index contributed by atoms with van der Waals surface area (Å²) in [5, 5.41) is 18.7. The molecule has 2 saturated heterocycles. The van der Waals surface area contributed by atoms with Gasteiger partial charge in [-0.1, -0.05) is 0 Å². The minimum absolute atomic E-state index is 0.0343. The molecule has 2 fully saturated rings. The topological polar surface area (TPSA) is 76.5 Å². The molecule has 3 rings (SSSR count). The van der Waals surface area contributed by atoms with E-state index in [-0.39, 0.29) is 50.5 Å². The van der Waals surface area contributed by atoms with Gasteiger partial charge in [-0.2, -0.15) is 39.5 Å². The Morgan fingerprint density at radius 1 is 0.919 bits per heavy atom. The summed E-state index contributed by atoms with van der Waals surface area (Å²) in [4.78, 5) is 15.8. The summed E-state index contributed by atoms with van der Waals surface area (Å²) in [7, 11) is 0. The van der Waals surface area contributed by atoms with Crippen LogP contribution in [0.5, 0.6) is 0 Å². The van der Waals surface area contributed by atoms with Crippen molar-refractivity contribution in [3.63, 3.8) is 0 Å². The summed E-state index contributed by atoms with van der Waals surface area (Å²) >= 11 is 0. The van der Waals surface area contributed by atoms with E-state index >= 15 is 0 Å². The third-order valence-corrected chi connectivity index (χ3v) is 6.17. The highest BCUT2D eigenvalue weighted by Gasteiger charge is 2.60. The standard InChI is InChI=1S/C21H24F9N3O4/c22-19(23,24)14-7-12(8-15(9-14)33-2-1-13(11-33)16(34)35)10-31-3-5-32(6-4-31)18(36)37-17(20(25,26)27)21(28,29)30/h7-9,13,16-17,34-35H,1-6,10-11H2. The van der Waals surface area contributed by atoms with Gasteiger partial charge < -0.3 is 24.7 Å². The summed E-state index contributed by atoms with van der Waals surface area (Å²) in [6, 6.07) is 3.37. The predicted octanol–water partition coefficient (Wildman–Crippen LogP) is 3.59. The van der Waals surface area contributed by atoms with Crippen LogP contribution in [0.3, 0.4) is 0 Å². The van der Waals surface area contributed by atoms with E-state index in [2.05, 4.69) is 4.74 Å². The Morgan fingerprint density at radius 3 is 2.00 bits per heavy atom. The van der Waals surface area contributed by atoms with Crippen molar-refractivity contribution < 1.29 is 59.3 Å². The molecule has 2 heterocycles. The molecular weight excluding hydrogens is 529 g/mol. The molecule has 1 atom stereocenters. The lowest BCUT2D eigenvalue weighted by Gasteiger charge is -2.35. The Kier molecular flexibility index (Phi) is 8.44. The van der Waals surface area contributed by atoms with Gasteiger partial charge in [0.1, 0.15) is 0 Å². The Hall–Kier alpha value is -2.46. The van der Waals surface area contributed by atoms with E-state index in [9.17, 15) is 54.5 Å². The second-order valence-corrected chi connectivity index (χ2v) is 8.90. The second-order valence-electron chi connectivity index (χ2n) is 8.90. The number of carbonyl (C=O) groups excluding carboxylic acids is 1. The number of rotatable bonds is 5. The van der Waals surface area contributed by atoms with Gasteiger partial charge in [-0.3, -0.25) is 4.90 Å². The zero-order valence-electron chi connectivity index (χ0n) is 19.1. The van der Waals surface area contributed by atoms with Crippen LogP contribution in [0.2, 0.25) is 0 Å². The quantitative estimate of drug-likeness (QED) is 0.429. The zero-order valence-corrected chi connectivity index (χ0v) is 19.1. The molecule has 210 valence electrons. The number of aliphatic hydroxyl groups excluding tert-OH is 1. The van der Waals surface area contributed by atoms with Crippen molar-refractivity contribution in [2.45, 2.75) is 43.9 Å². The number of alkyl halides is 9. The lowest BCUT2D eigenvalue weighted by atomic mass is 10.1. The molecule has 1 unspecified atom stereocenters. The molecule has 0 saturated carbocycles. The van der Waals surface area contributed by atoms with Gasteiger partial charge >= 0.3 is 24.6 Å². The van der Waals surface area contributed by atoms with Crippen molar-refractivity contribution in [3.8, 4) is 0 Å². The van der Waals surface area contributed by atoms with E-state index < -0.39 is 48.5 Å². The molecule has 1 amide bonds. The number of aliphatic hydroxyl groups is 2. The second kappa shape index (κ2) is 10.7. The third kappa shape index (κ3) is 7.54. The summed E-state index contributed by atoms with van der Waals surface area (Å²) < 4.78 is 120. The van der Waals surface area contributed by atoms with Crippen LogP contribution in [0, 0.1) is 5.92 Å². The number of amides is 1. The molecule has 0 radical (unpaired) electrons. The predicted molar refractivity (Wildman–Crippen MR) is 109 cm³/mol. The third-order valence-electron chi connectivity index (χ3n) is 6.17. The highest BCUT2D eigenvalue weighted by Crippen LogP contribution is 2.37. The number of benzene rings is 1. The van der Waals surface area contributed by atoms with Crippen LogP contribution < -0.4 is 4.90 Å². The molecule has 0 aliphatic carbocycles. The van der Waals surface area contributed by atoms with E-state index in [1.54, 1.807) is 9.80 Å². The van der Waals surface area contributed by atoms with E-state index in [1.807, 2.05) is 0 Å². The highest BCUT2D eigenvalue weighted by molar-refractivity contribution is 5.68. The van der Waals surface area contributed by atoms with Crippen LogP contribution in [0.1, 0.15) is 17.5 Å². The number of piperazine rings is 1. The van der Waals surface area contributed by atoms with Crippen LogP contribution in [0.15, 0.2) is 18.2 Å². The van der Waals surface area contributed by atoms with Gasteiger partial charge in [0, 0.05) is 57.4 Å². The normalized spacial score (nSPS) is 20.3. The Labute approximate surface area is 205 Å². The molecule has 0 spiro atoms. The largest absolute Gasteiger partial charge is 0.434 e. The maximum atomic E-state index is 13.5. The molecule has 1 aromatic rings. The molecule has 0 bridgehead atoms. The molecule has 2 aliphatic rings. The van der Waals surface area contributed by atoms with Crippen molar-refractivity contribution in [1.82, 2.24) is 9.80 Å². The molecule has 37 heavy (non-hydrogen) atoms. The number of ether oxygens (including phenoxy) is 1. The Morgan fingerprint density at radius 2 is 1.51 bits per heavy atom. The van der Waals surface area contributed by atoms with Crippen LogP contribution in [-0.4, -0.2) is 90.1 Å². The zero-order chi connectivity index (χ0) is 27.8. The molecular formula is C21H24F9N3O4. The summed E-state index contributed by atoms with van der Waals surface area (Å²) in [6.45, 7) is -0.257. The van der Waals surface area contributed by atoms with Gasteiger partial charge in [0.2, 0.25) is 0 Å². The average molecular weight is 553 g/mol. The van der Waals surface area contributed by atoms with Crippen molar-refractivity contribution in [2.75, 3.05) is 44.2 Å². The first-order valence-corrected chi connectivity index (χ1v) is 11.1. The highest BCUT2D eigenvalue weighted by atomic mass is 19.4. The van der Waals surface area contributed by atoms with Crippen LogP contribution in [-0.2, 0) is 17.5 Å². The SMILES string of the molecule is O=C(OC(C(F)(F)F)C(F)(F)F)N1CCN(Cc2cc(N3CCC(C(O)O)C3)cc(C(F)(F)F)c2)CC1. The number of halogens is 9. The fourth-order valence-electron chi connectivity index (χ4n) is 4.22. The van der Waals surface area contributed by atoms with Crippen LogP contribution >= 0.6 is 0 Å². The number of carbonyl (C=O) groups is 1. The van der Waals surface area contributed by atoms with Gasteiger partial charge in [-0.05, 0) is 30.2 Å². The van der Waals surface area contributed by atoms with Gasteiger partial charge in [0.15, 0.2) is 6.29 Å². The molecule has 16 heteroatoms. The fraction of sp³-hybridized carbons (Fsp3) is 0.667.